The van der Waals surface area contributed by atoms with Gasteiger partial charge in [0.25, 0.3) is 0 Å². The largest absolute Gasteiger partial charge is 0.292 e. The Morgan fingerprint density at radius 2 is 2.00 bits per heavy atom. The second-order valence-electron chi connectivity index (χ2n) is 4.80. The molecule has 0 atom stereocenters. The molecule has 1 aromatic heterocycles. The maximum absolute atomic E-state index is 12.5. The maximum atomic E-state index is 12.5. The highest BCUT2D eigenvalue weighted by Crippen LogP contribution is 2.39. The summed E-state index contributed by atoms with van der Waals surface area (Å²) in [5.41, 5.74) is 0.375. The fourth-order valence-electron chi connectivity index (χ4n) is 2.42. The molecule has 1 heterocycles. The summed E-state index contributed by atoms with van der Waals surface area (Å²) in [6.45, 7) is 2.06. The molecule has 0 unspecified atom stereocenters. The Balaban J connectivity index is 2.31. The first kappa shape index (κ1) is 11.8. The molecule has 0 amide bonds. The molecule has 1 aromatic rings. The lowest BCUT2D eigenvalue weighted by molar-refractivity contribution is 0.0738. The summed E-state index contributed by atoms with van der Waals surface area (Å²) in [5.74, 6) is 0.173. The van der Waals surface area contributed by atoms with Crippen LogP contribution in [0.4, 0.5) is 0 Å². The van der Waals surface area contributed by atoms with Crippen molar-refractivity contribution in [2.75, 3.05) is 0 Å². The lowest BCUT2D eigenvalue weighted by atomic mass is 9.72. The Labute approximate surface area is 104 Å². The summed E-state index contributed by atoms with van der Waals surface area (Å²) in [7, 11) is 1.76. The van der Waals surface area contributed by atoms with E-state index in [1.165, 1.54) is 6.42 Å². The number of carbonyl (C=O) groups excluding carboxylic acids is 1. The fraction of sp³-hybridized carbons (Fsp3) is 0.727. The van der Waals surface area contributed by atoms with Crippen molar-refractivity contribution in [2.24, 2.45) is 12.5 Å². The summed E-state index contributed by atoms with van der Waals surface area (Å²) in [5, 5.41) is 7.73. The summed E-state index contributed by atoms with van der Waals surface area (Å²) < 4.78 is 2.12. The lowest BCUT2D eigenvalue weighted by Gasteiger charge is -2.31. The number of rotatable bonds is 2. The first-order valence-electron chi connectivity index (χ1n) is 5.64. The van der Waals surface area contributed by atoms with E-state index >= 15 is 0 Å². The number of aryl methyl sites for hydroxylation is 1. The standard InChI is InChI=1S/C11H16BrN3O/c1-11(6-4-3-5-7-11)9(16)8-10(12)13-14-15(8)2/h3-7H2,1-2H3. The van der Waals surface area contributed by atoms with Crippen molar-refractivity contribution < 1.29 is 4.79 Å². The normalized spacial score (nSPS) is 19.7. The molecule has 0 aliphatic heterocycles. The molecule has 88 valence electrons. The van der Waals surface area contributed by atoms with E-state index in [0.29, 0.717) is 10.3 Å². The van der Waals surface area contributed by atoms with Gasteiger partial charge in [0.05, 0.1) is 0 Å². The number of Topliss-reactive ketones (excluding diaryl/α,β-unsaturated/α-hetero) is 1. The highest BCUT2D eigenvalue weighted by molar-refractivity contribution is 9.10. The highest BCUT2D eigenvalue weighted by atomic mass is 79.9. The molecule has 0 N–H and O–H groups in total. The molecule has 1 fully saturated rings. The van der Waals surface area contributed by atoms with Crippen LogP contribution in [-0.2, 0) is 7.05 Å². The van der Waals surface area contributed by atoms with E-state index in [9.17, 15) is 4.79 Å². The molecule has 1 saturated carbocycles. The van der Waals surface area contributed by atoms with Gasteiger partial charge < -0.3 is 0 Å². The number of carbonyl (C=O) groups is 1. The second-order valence-corrected chi connectivity index (χ2v) is 5.55. The van der Waals surface area contributed by atoms with Crippen molar-refractivity contribution in [1.29, 1.82) is 0 Å². The Kier molecular flexibility index (Phi) is 3.15. The van der Waals surface area contributed by atoms with Crippen LogP contribution in [0, 0.1) is 5.41 Å². The molecule has 0 aromatic carbocycles. The summed E-state index contributed by atoms with van der Waals surface area (Å²) in [6.07, 6.45) is 5.48. The number of halogens is 1. The number of nitrogens with zero attached hydrogens (tertiary/aromatic N) is 3. The molecule has 0 bridgehead atoms. The smallest absolute Gasteiger partial charge is 0.189 e. The highest BCUT2D eigenvalue weighted by Gasteiger charge is 2.37. The summed E-state index contributed by atoms with van der Waals surface area (Å²) in [4.78, 5) is 12.5. The average molecular weight is 286 g/mol. The van der Waals surface area contributed by atoms with Gasteiger partial charge in [0.1, 0.15) is 5.69 Å². The van der Waals surface area contributed by atoms with Crippen LogP contribution in [0.5, 0.6) is 0 Å². The van der Waals surface area contributed by atoms with Crippen molar-refractivity contribution in [3.05, 3.63) is 10.3 Å². The van der Waals surface area contributed by atoms with Gasteiger partial charge in [-0.2, -0.15) is 0 Å². The van der Waals surface area contributed by atoms with Gasteiger partial charge >= 0.3 is 0 Å². The van der Waals surface area contributed by atoms with E-state index in [-0.39, 0.29) is 11.2 Å². The van der Waals surface area contributed by atoms with Crippen LogP contribution in [0.25, 0.3) is 0 Å². The number of hydrogen-bond donors (Lipinski definition) is 0. The Bertz CT molecular complexity index is 388. The van der Waals surface area contributed by atoms with Crippen molar-refractivity contribution in [3.63, 3.8) is 0 Å². The maximum Gasteiger partial charge on any atom is 0.189 e. The molecular weight excluding hydrogens is 270 g/mol. The van der Waals surface area contributed by atoms with Crippen molar-refractivity contribution >= 4 is 21.7 Å². The predicted octanol–water partition coefficient (Wildman–Crippen LogP) is 2.73. The first-order chi connectivity index (χ1) is 7.54. The average Bonchev–Trinajstić information content (AvgIpc) is 2.59. The fourth-order valence-corrected chi connectivity index (χ4v) is 2.93. The zero-order valence-corrected chi connectivity index (χ0v) is 11.2. The molecule has 1 aliphatic rings. The molecule has 1 aliphatic carbocycles. The van der Waals surface area contributed by atoms with Crippen LogP contribution in [-0.4, -0.2) is 20.8 Å². The SMILES string of the molecule is Cn1nnc(Br)c1C(=O)C1(C)CCCCC1. The van der Waals surface area contributed by atoms with Gasteiger partial charge in [-0.05, 0) is 28.8 Å². The van der Waals surface area contributed by atoms with Gasteiger partial charge in [-0.25, -0.2) is 4.68 Å². The van der Waals surface area contributed by atoms with E-state index < -0.39 is 0 Å². The zero-order valence-electron chi connectivity index (χ0n) is 9.66. The first-order valence-corrected chi connectivity index (χ1v) is 6.44. The summed E-state index contributed by atoms with van der Waals surface area (Å²) in [6, 6.07) is 0. The van der Waals surface area contributed by atoms with Gasteiger partial charge in [-0.1, -0.05) is 31.4 Å². The third-order valence-corrected chi connectivity index (χ3v) is 4.04. The predicted molar refractivity (Wildman–Crippen MR) is 64.2 cm³/mol. The topological polar surface area (TPSA) is 47.8 Å². The lowest BCUT2D eigenvalue weighted by Crippen LogP contribution is -2.32. The minimum absolute atomic E-state index is 0.173. The molecule has 4 nitrogen and oxygen atoms in total. The van der Waals surface area contributed by atoms with Gasteiger partial charge in [0, 0.05) is 12.5 Å². The number of ketones is 1. The van der Waals surface area contributed by atoms with Crippen molar-refractivity contribution in [2.45, 2.75) is 39.0 Å². The molecule has 0 radical (unpaired) electrons. The van der Waals surface area contributed by atoms with Crippen molar-refractivity contribution in [3.8, 4) is 0 Å². The molecule has 16 heavy (non-hydrogen) atoms. The Hall–Kier alpha value is -0.710. The molecule has 5 heteroatoms. The van der Waals surface area contributed by atoms with Crippen LogP contribution in [0.15, 0.2) is 4.60 Å². The quantitative estimate of drug-likeness (QED) is 0.785. The van der Waals surface area contributed by atoms with Crippen LogP contribution in [0.2, 0.25) is 0 Å². The monoisotopic (exact) mass is 285 g/mol. The molecule has 0 saturated heterocycles. The summed E-state index contributed by atoms with van der Waals surface area (Å²) >= 11 is 3.29. The van der Waals surface area contributed by atoms with Gasteiger partial charge in [0.15, 0.2) is 10.4 Å². The minimum atomic E-state index is -0.226. The van der Waals surface area contributed by atoms with Gasteiger partial charge in [0.2, 0.25) is 0 Å². The Morgan fingerprint density at radius 3 is 2.50 bits per heavy atom. The third kappa shape index (κ3) is 1.93. The number of hydrogen-bond acceptors (Lipinski definition) is 3. The third-order valence-electron chi connectivity index (χ3n) is 3.51. The molecule has 2 rings (SSSR count). The minimum Gasteiger partial charge on any atom is -0.292 e. The van der Waals surface area contributed by atoms with E-state index in [1.807, 2.05) is 0 Å². The number of aromatic nitrogens is 3. The van der Waals surface area contributed by atoms with Crippen LogP contribution in [0.3, 0.4) is 0 Å². The zero-order chi connectivity index (χ0) is 11.8. The van der Waals surface area contributed by atoms with Crippen molar-refractivity contribution in [1.82, 2.24) is 15.0 Å². The van der Waals surface area contributed by atoms with E-state index in [0.717, 1.165) is 25.7 Å². The molecular formula is C11H16BrN3O. The van der Waals surface area contributed by atoms with Crippen LogP contribution in [0.1, 0.15) is 49.5 Å². The van der Waals surface area contributed by atoms with E-state index in [1.54, 1.807) is 11.7 Å². The van der Waals surface area contributed by atoms with Crippen LogP contribution < -0.4 is 0 Å². The van der Waals surface area contributed by atoms with Crippen LogP contribution >= 0.6 is 15.9 Å². The Morgan fingerprint density at radius 1 is 1.38 bits per heavy atom. The van der Waals surface area contributed by atoms with Gasteiger partial charge in [-0.3, -0.25) is 4.79 Å². The van der Waals surface area contributed by atoms with E-state index in [4.69, 9.17) is 0 Å². The molecule has 0 spiro atoms. The van der Waals surface area contributed by atoms with Gasteiger partial charge in [-0.15, -0.1) is 5.10 Å². The van der Waals surface area contributed by atoms with E-state index in [2.05, 4.69) is 33.2 Å². The second kappa shape index (κ2) is 4.28.